The van der Waals surface area contributed by atoms with E-state index in [1.807, 2.05) is 32.0 Å². The zero-order chi connectivity index (χ0) is 16.4. The molecule has 1 aliphatic rings. The molecule has 0 unspecified atom stereocenters. The number of thiophene rings is 1. The van der Waals surface area contributed by atoms with Crippen LogP contribution in [0.5, 0.6) is 0 Å². The number of hydrogen-bond acceptors (Lipinski definition) is 5. The van der Waals surface area contributed by atoms with E-state index in [4.69, 9.17) is 0 Å². The highest BCUT2D eigenvalue weighted by atomic mass is 32.2. The van der Waals surface area contributed by atoms with Gasteiger partial charge < -0.3 is 0 Å². The van der Waals surface area contributed by atoms with E-state index in [-0.39, 0.29) is 0 Å². The van der Waals surface area contributed by atoms with Gasteiger partial charge in [0.05, 0.1) is 5.69 Å². The largest absolute Gasteiger partial charge is 0.295 e. The van der Waals surface area contributed by atoms with Crippen molar-refractivity contribution >= 4 is 21.4 Å². The quantitative estimate of drug-likeness (QED) is 0.848. The summed E-state index contributed by atoms with van der Waals surface area (Å²) in [5, 5.41) is 0. The molecule has 3 rings (SSSR count). The number of rotatable bonds is 4. The number of pyridine rings is 1. The predicted octanol–water partition coefficient (Wildman–Crippen LogP) is 2.27. The molecule has 0 saturated carbocycles. The van der Waals surface area contributed by atoms with Crippen LogP contribution in [0.1, 0.15) is 16.1 Å². The first-order valence-corrected chi connectivity index (χ1v) is 9.92. The van der Waals surface area contributed by atoms with Crippen LogP contribution in [0.3, 0.4) is 0 Å². The van der Waals surface area contributed by atoms with E-state index >= 15 is 0 Å². The van der Waals surface area contributed by atoms with E-state index < -0.39 is 10.0 Å². The summed E-state index contributed by atoms with van der Waals surface area (Å²) >= 11 is 1.37. The standard InChI is InChI=1S/C16H21N3O2S2/c1-13-11-16(22-14(13)2)23(20,21)19-9-7-18(8-10-19)12-15-5-3-4-6-17-15/h3-6,11H,7-10,12H2,1-2H3. The summed E-state index contributed by atoms with van der Waals surface area (Å²) in [5.41, 5.74) is 2.07. The van der Waals surface area contributed by atoms with Crippen molar-refractivity contribution < 1.29 is 8.42 Å². The van der Waals surface area contributed by atoms with Gasteiger partial charge in [-0.25, -0.2) is 8.42 Å². The lowest BCUT2D eigenvalue weighted by atomic mass is 10.3. The molecule has 0 N–H and O–H groups in total. The SMILES string of the molecule is Cc1cc(S(=O)(=O)N2CCN(Cc3ccccn3)CC2)sc1C. The van der Waals surface area contributed by atoms with Gasteiger partial charge in [-0.1, -0.05) is 6.07 Å². The normalized spacial score (nSPS) is 17.5. The maximum Gasteiger partial charge on any atom is 0.252 e. The van der Waals surface area contributed by atoms with Gasteiger partial charge in [0.2, 0.25) is 0 Å². The maximum atomic E-state index is 12.7. The number of aryl methyl sites for hydroxylation is 2. The molecule has 0 spiro atoms. The van der Waals surface area contributed by atoms with Gasteiger partial charge in [0, 0.05) is 43.8 Å². The highest BCUT2D eigenvalue weighted by Gasteiger charge is 2.30. The first-order chi connectivity index (χ1) is 11.0. The van der Waals surface area contributed by atoms with E-state index in [9.17, 15) is 8.42 Å². The Labute approximate surface area is 141 Å². The molecule has 1 fully saturated rings. The first kappa shape index (κ1) is 16.6. The molecule has 0 atom stereocenters. The van der Waals surface area contributed by atoms with Gasteiger partial charge in [0.1, 0.15) is 4.21 Å². The van der Waals surface area contributed by atoms with Crippen LogP contribution in [-0.4, -0.2) is 48.8 Å². The highest BCUT2D eigenvalue weighted by molar-refractivity contribution is 7.91. The fourth-order valence-corrected chi connectivity index (χ4v) is 5.74. The number of piperazine rings is 1. The third-order valence-corrected chi connectivity index (χ3v) is 7.68. The second-order valence-electron chi connectivity index (χ2n) is 5.81. The van der Waals surface area contributed by atoms with Gasteiger partial charge in [-0.2, -0.15) is 4.31 Å². The number of aromatic nitrogens is 1. The average molecular weight is 351 g/mol. The van der Waals surface area contributed by atoms with Gasteiger partial charge >= 0.3 is 0 Å². The van der Waals surface area contributed by atoms with Crippen LogP contribution in [0.15, 0.2) is 34.7 Å². The van der Waals surface area contributed by atoms with Crippen LogP contribution < -0.4 is 0 Å². The van der Waals surface area contributed by atoms with Crippen LogP contribution in [0.2, 0.25) is 0 Å². The second-order valence-corrected chi connectivity index (χ2v) is 9.23. The van der Waals surface area contributed by atoms with Crippen molar-refractivity contribution in [2.45, 2.75) is 24.6 Å². The molecule has 0 aliphatic carbocycles. The monoisotopic (exact) mass is 351 g/mol. The zero-order valence-corrected chi connectivity index (χ0v) is 15.0. The van der Waals surface area contributed by atoms with Crippen LogP contribution in [0, 0.1) is 13.8 Å². The Morgan fingerprint density at radius 1 is 1.17 bits per heavy atom. The minimum absolute atomic E-state index is 0.464. The summed E-state index contributed by atoms with van der Waals surface area (Å²) in [6.07, 6.45) is 1.79. The van der Waals surface area contributed by atoms with Crippen molar-refractivity contribution in [3.63, 3.8) is 0 Å². The Kier molecular flexibility index (Phi) is 4.82. The van der Waals surface area contributed by atoms with Crippen molar-refractivity contribution in [2.75, 3.05) is 26.2 Å². The maximum absolute atomic E-state index is 12.7. The minimum atomic E-state index is -3.35. The molecule has 0 amide bonds. The molecule has 3 heterocycles. The van der Waals surface area contributed by atoms with Gasteiger partial charge in [-0.15, -0.1) is 11.3 Å². The lowest BCUT2D eigenvalue weighted by Gasteiger charge is -2.33. The van der Waals surface area contributed by atoms with Crippen LogP contribution >= 0.6 is 11.3 Å². The molecule has 7 heteroatoms. The van der Waals surface area contributed by atoms with Crippen molar-refractivity contribution in [1.82, 2.24) is 14.2 Å². The molecule has 2 aromatic rings. The average Bonchev–Trinajstić information content (AvgIpc) is 2.89. The lowest BCUT2D eigenvalue weighted by molar-refractivity contribution is 0.180. The Morgan fingerprint density at radius 2 is 1.91 bits per heavy atom. The molecule has 1 aliphatic heterocycles. The van der Waals surface area contributed by atoms with E-state index in [0.29, 0.717) is 17.3 Å². The van der Waals surface area contributed by atoms with Gasteiger partial charge in [-0.05, 0) is 37.6 Å². The van der Waals surface area contributed by atoms with E-state index in [1.54, 1.807) is 16.6 Å². The summed E-state index contributed by atoms with van der Waals surface area (Å²) in [4.78, 5) is 7.65. The van der Waals surface area contributed by atoms with Gasteiger partial charge in [0.15, 0.2) is 0 Å². The van der Waals surface area contributed by atoms with Crippen LogP contribution in [0.4, 0.5) is 0 Å². The number of sulfonamides is 1. The highest BCUT2D eigenvalue weighted by Crippen LogP contribution is 2.28. The third-order valence-electron chi connectivity index (χ3n) is 4.18. The molecule has 0 bridgehead atoms. The Balaban J connectivity index is 1.64. The summed E-state index contributed by atoms with van der Waals surface area (Å²) in [5.74, 6) is 0. The molecule has 1 saturated heterocycles. The lowest BCUT2D eigenvalue weighted by Crippen LogP contribution is -2.48. The summed E-state index contributed by atoms with van der Waals surface area (Å²) in [6, 6.07) is 7.67. The van der Waals surface area contributed by atoms with E-state index in [2.05, 4.69) is 9.88 Å². The first-order valence-electron chi connectivity index (χ1n) is 7.66. The van der Waals surface area contributed by atoms with Crippen LogP contribution in [0.25, 0.3) is 0 Å². The van der Waals surface area contributed by atoms with Crippen molar-refractivity contribution in [1.29, 1.82) is 0 Å². The smallest absolute Gasteiger partial charge is 0.252 e. The molecule has 124 valence electrons. The summed E-state index contributed by atoms with van der Waals surface area (Å²) in [6.45, 7) is 7.22. The Hall–Kier alpha value is -1.28. The van der Waals surface area contributed by atoms with E-state index in [1.165, 1.54) is 11.3 Å². The summed E-state index contributed by atoms with van der Waals surface area (Å²) in [7, 11) is -3.35. The van der Waals surface area contributed by atoms with Gasteiger partial charge in [0.25, 0.3) is 10.0 Å². The Bertz CT molecular complexity index is 744. The molecule has 2 aromatic heterocycles. The number of hydrogen-bond donors (Lipinski definition) is 0. The van der Waals surface area contributed by atoms with E-state index in [0.717, 1.165) is 35.8 Å². The third kappa shape index (κ3) is 3.63. The van der Waals surface area contributed by atoms with Crippen molar-refractivity contribution in [2.24, 2.45) is 0 Å². The number of nitrogens with zero attached hydrogens (tertiary/aromatic N) is 3. The van der Waals surface area contributed by atoms with Crippen LogP contribution in [-0.2, 0) is 16.6 Å². The molecule has 0 aromatic carbocycles. The fraction of sp³-hybridized carbons (Fsp3) is 0.438. The topological polar surface area (TPSA) is 53.5 Å². The molecule has 23 heavy (non-hydrogen) atoms. The molecular weight excluding hydrogens is 330 g/mol. The second kappa shape index (κ2) is 6.68. The van der Waals surface area contributed by atoms with Gasteiger partial charge in [-0.3, -0.25) is 9.88 Å². The van der Waals surface area contributed by atoms with Crippen molar-refractivity contribution in [3.8, 4) is 0 Å². The molecule has 5 nitrogen and oxygen atoms in total. The zero-order valence-electron chi connectivity index (χ0n) is 13.4. The molecule has 0 radical (unpaired) electrons. The fourth-order valence-electron chi connectivity index (χ4n) is 2.64. The predicted molar refractivity (Wildman–Crippen MR) is 92.1 cm³/mol. The van der Waals surface area contributed by atoms with Crippen molar-refractivity contribution in [3.05, 3.63) is 46.6 Å². The minimum Gasteiger partial charge on any atom is -0.295 e. The summed E-state index contributed by atoms with van der Waals surface area (Å²) < 4.78 is 27.5. The molecular formula is C16H21N3O2S2. The Morgan fingerprint density at radius 3 is 2.48 bits per heavy atom.